The third-order valence-corrected chi connectivity index (χ3v) is 5.25. The van der Waals surface area contributed by atoms with Crippen LogP contribution < -0.4 is 10.2 Å². The number of carbonyl (C=O) groups excluding carboxylic acids is 2. The van der Waals surface area contributed by atoms with E-state index in [4.69, 9.17) is 13.9 Å². The van der Waals surface area contributed by atoms with E-state index >= 15 is 0 Å². The predicted molar refractivity (Wildman–Crippen MR) is 108 cm³/mol. The van der Waals surface area contributed by atoms with Crippen LogP contribution in [0.15, 0.2) is 21.3 Å². The number of anilines is 1. The zero-order valence-electron chi connectivity index (χ0n) is 16.2. The first-order valence-electron chi connectivity index (χ1n) is 9.37. The van der Waals surface area contributed by atoms with Gasteiger partial charge in [0.25, 0.3) is 5.91 Å². The number of nitrogens with one attached hydrogen (secondary N) is 1. The zero-order valence-corrected chi connectivity index (χ0v) is 17.7. The molecule has 3 heterocycles. The van der Waals surface area contributed by atoms with Crippen molar-refractivity contribution < 1.29 is 23.5 Å². The second kappa shape index (κ2) is 8.91. The van der Waals surface area contributed by atoms with Crippen LogP contribution in [-0.4, -0.2) is 49.4 Å². The van der Waals surface area contributed by atoms with Crippen molar-refractivity contribution in [3.8, 4) is 0 Å². The fourth-order valence-corrected chi connectivity index (χ4v) is 3.80. The average molecular weight is 454 g/mol. The standard InChI is InChI=1S/C19H24BrN3O5/c1-4-12-8-11(6-7-27-12)23(19(25)26-5-2)16-13-9-15(20)22-10-14(13)28-17(16)18(24)21-3/h9-12H,4-8H2,1-3H3,(H,21,24). The molecule has 0 aliphatic carbocycles. The van der Waals surface area contributed by atoms with Gasteiger partial charge in [-0.25, -0.2) is 9.78 Å². The van der Waals surface area contributed by atoms with E-state index in [2.05, 4.69) is 26.2 Å². The molecule has 0 spiro atoms. The predicted octanol–water partition coefficient (Wildman–Crippen LogP) is 3.87. The van der Waals surface area contributed by atoms with Gasteiger partial charge in [0.15, 0.2) is 5.58 Å². The minimum absolute atomic E-state index is 0.0469. The number of hydrogen-bond donors (Lipinski definition) is 1. The number of carbonyl (C=O) groups is 2. The fourth-order valence-electron chi connectivity index (χ4n) is 3.47. The van der Waals surface area contributed by atoms with Crippen molar-refractivity contribution in [1.82, 2.24) is 10.3 Å². The van der Waals surface area contributed by atoms with Crippen molar-refractivity contribution in [2.45, 2.75) is 45.3 Å². The second-order valence-corrected chi connectivity index (χ2v) is 7.32. The van der Waals surface area contributed by atoms with Gasteiger partial charge in [-0.2, -0.15) is 0 Å². The Kier molecular flexibility index (Phi) is 6.56. The lowest BCUT2D eigenvalue weighted by Crippen LogP contribution is -2.46. The third-order valence-electron chi connectivity index (χ3n) is 4.82. The summed E-state index contributed by atoms with van der Waals surface area (Å²) in [6.07, 6.45) is 3.20. The number of hydrogen-bond acceptors (Lipinski definition) is 6. The average Bonchev–Trinajstić information content (AvgIpc) is 3.06. The summed E-state index contributed by atoms with van der Waals surface area (Å²) >= 11 is 3.36. The number of amides is 2. The number of furan rings is 1. The summed E-state index contributed by atoms with van der Waals surface area (Å²) in [5.41, 5.74) is 0.822. The van der Waals surface area contributed by atoms with Gasteiger partial charge in [0.2, 0.25) is 5.76 Å². The highest BCUT2D eigenvalue weighted by molar-refractivity contribution is 9.10. The molecule has 0 aromatic carbocycles. The summed E-state index contributed by atoms with van der Waals surface area (Å²) in [5, 5.41) is 3.20. The monoisotopic (exact) mass is 453 g/mol. The number of fused-ring (bicyclic) bond motifs is 1. The fraction of sp³-hybridized carbons (Fsp3) is 0.526. The molecular weight excluding hydrogens is 430 g/mol. The normalized spacial score (nSPS) is 19.4. The zero-order chi connectivity index (χ0) is 20.3. The van der Waals surface area contributed by atoms with Gasteiger partial charge < -0.3 is 19.2 Å². The van der Waals surface area contributed by atoms with Crippen LogP contribution >= 0.6 is 15.9 Å². The van der Waals surface area contributed by atoms with Crippen molar-refractivity contribution >= 4 is 44.6 Å². The number of nitrogens with zero attached hydrogens (tertiary/aromatic N) is 2. The van der Waals surface area contributed by atoms with Gasteiger partial charge in [0.1, 0.15) is 10.3 Å². The minimum Gasteiger partial charge on any atom is -0.449 e. The Morgan fingerprint density at radius 1 is 1.43 bits per heavy atom. The van der Waals surface area contributed by atoms with Gasteiger partial charge in [0.05, 0.1) is 18.9 Å². The molecule has 2 aromatic rings. The van der Waals surface area contributed by atoms with Gasteiger partial charge >= 0.3 is 6.09 Å². The minimum atomic E-state index is -0.509. The molecule has 0 radical (unpaired) electrons. The third kappa shape index (κ3) is 4.00. The maximum Gasteiger partial charge on any atom is 0.414 e. The van der Waals surface area contributed by atoms with Gasteiger partial charge in [0, 0.05) is 25.1 Å². The second-order valence-electron chi connectivity index (χ2n) is 6.51. The Balaban J connectivity index is 2.18. The molecule has 1 saturated heterocycles. The molecule has 2 atom stereocenters. The molecule has 3 rings (SSSR count). The van der Waals surface area contributed by atoms with Crippen molar-refractivity contribution in [3.05, 3.63) is 22.6 Å². The number of pyridine rings is 1. The molecule has 2 amide bonds. The highest BCUT2D eigenvalue weighted by Gasteiger charge is 2.37. The van der Waals surface area contributed by atoms with Gasteiger partial charge in [-0.3, -0.25) is 9.69 Å². The Labute approximate surface area is 171 Å². The number of ether oxygens (including phenoxy) is 2. The van der Waals surface area contributed by atoms with E-state index < -0.39 is 12.0 Å². The molecule has 8 nitrogen and oxygen atoms in total. The molecule has 0 bridgehead atoms. The molecule has 28 heavy (non-hydrogen) atoms. The van der Waals surface area contributed by atoms with Crippen LogP contribution in [0.5, 0.6) is 0 Å². The van der Waals surface area contributed by atoms with E-state index in [-0.39, 0.29) is 24.5 Å². The first kappa shape index (κ1) is 20.6. The van der Waals surface area contributed by atoms with Crippen LogP contribution in [0.4, 0.5) is 10.5 Å². The van der Waals surface area contributed by atoms with Gasteiger partial charge in [-0.05, 0) is 48.2 Å². The molecule has 1 fully saturated rings. The Morgan fingerprint density at radius 2 is 2.21 bits per heavy atom. The van der Waals surface area contributed by atoms with Crippen LogP contribution in [0.2, 0.25) is 0 Å². The molecule has 9 heteroatoms. The summed E-state index contributed by atoms with van der Waals surface area (Å²) in [5.74, 6) is -0.360. The lowest BCUT2D eigenvalue weighted by atomic mass is 9.99. The summed E-state index contributed by atoms with van der Waals surface area (Å²) in [6.45, 7) is 4.57. The van der Waals surface area contributed by atoms with Crippen LogP contribution in [0, 0.1) is 0 Å². The lowest BCUT2D eigenvalue weighted by molar-refractivity contribution is 0.00468. The number of rotatable bonds is 5. The van der Waals surface area contributed by atoms with E-state index in [1.165, 1.54) is 13.2 Å². The maximum absolute atomic E-state index is 13.0. The summed E-state index contributed by atoms with van der Waals surface area (Å²) in [7, 11) is 1.52. The molecule has 152 valence electrons. The first-order chi connectivity index (χ1) is 13.5. The largest absolute Gasteiger partial charge is 0.449 e. The molecule has 2 unspecified atom stereocenters. The lowest BCUT2D eigenvalue weighted by Gasteiger charge is -2.36. The van der Waals surface area contributed by atoms with Crippen LogP contribution in [0.25, 0.3) is 11.0 Å². The number of aromatic nitrogens is 1. The SMILES string of the molecule is CCOC(=O)N(c1c(C(=O)NC)oc2cnc(Br)cc12)C1CCOC(CC)C1. The van der Waals surface area contributed by atoms with Crippen molar-refractivity contribution in [3.63, 3.8) is 0 Å². The van der Waals surface area contributed by atoms with Crippen LogP contribution in [0.1, 0.15) is 43.7 Å². The van der Waals surface area contributed by atoms with E-state index in [0.29, 0.717) is 40.7 Å². The smallest absolute Gasteiger partial charge is 0.414 e. The van der Waals surface area contributed by atoms with Crippen molar-refractivity contribution in [2.24, 2.45) is 0 Å². The van der Waals surface area contributed by atoms with E-state index in [1.807, 2.05) is 6.92 Å². The highest BCUT2D eigenvalue weighted by atomic mass is 79.9. The van der Waals surface area contributed by atoms with E-state index in [1.54, 1.807) is 17.9 Å². The molecule has 1 aliphatic rings. The summed E-state index contributed by atoms with van der Waals surface area (Å²) in [6, 6.07) is 1.57. The highest BCUT2D eigenvalue weighted by Crippen LogP contribution is 2.38. The van der Waals surface area contributed by atoms with Crippen LogP contribution in [0.3, 0.4) is 0 Å². The van der Waals surface area contributed by atoms with Crippen LogP contribution in [-0.2, 0) is 9.47 Å². The van der Waals surface area contributed by atoms with E-state index in [9.17, 15) is 9.59 Å². The van der Waals surface area contributed by atoms with Crippen molar-refractivity contribution in [1.29, 1.82) is 0 Å². The molecule has 2 aromatic heterocycles. The van der Waals surface area contributed by atoms with Crippen molar-refractivity contribution in [2.75, 3.05) is 25.2 Å². The van der Waals surface area contributed by atoms with Gasteiger partial charge in [-0.15, -0.1) is 0 Å². The Hall–Kier alpha value is -2.13. The summed E-state index contributed by atoms with van der Waals surface area (Å²) in [4.78, 5) is 31.2. The number of halogens is 1. The summed E-state index contributed by atoms with van der Waals surface area (Å²) < 4.78 is 17.5. The molecular formula is C19H24BrN3O5. The Bertz CT molecular complexity index is 869. The van der Waals surface area contributed by atoms with E-state index in [0.717, 1.165) is 6.42 Å². The molecule has 1 aliphatic heterocycles. The first-order valence-corrected chi connectivity index (χ1v) is 10.2. The van der Waals surface area contributed by atoms with Gasteiger partial charge in [-0.1, -0.05) is 6.92 Å². The topological polar surface area (TPSA) is 93.9 Å². The molecule has 1 N–H and O–H groups in total. The maximum atomic E-state index is 13.0. The Morgan fingerprint density at radius 3 is 2.89 bits per heavy atom. The molecule has 0 saturated carbocycles. The quantitative estimate of drug-likeness (QED) is 0.690.